The van der Waals surface area contributed by atoms with Crippen LogP contribution in [0.25, 0.3) is 0 Å². The van der Waals surface area contributed by atoms with Crippen LogP contribution in [0.2, 0.25) is 0 Å². The van der Waals surface area contributed by atoms with Crippen molar-refractivity contribution in [2.75, 3.05) is 6.61 Å². The van der Waals surface area contributed by atoms with Crippen LogP contribution in [0, 0.1) is 0 Å². The van der Waals surface area contributed by atoms with E-state index < -0.39 is 42.9 Å². The number of nitrogens with two attached hydrogens (primary N) is 1. The van der Waals surface area contributed by atoms with E-state index in [9.17, 15) is 20.1 Å². The smallest absolute Gasteiger partial charge is 0.237 e. The summed E-state index contributed by atoms with van der Waals surface area (Å²) in [6, 6.07) is -2.05. The van der Waals surface area contributed by atoms with Gasteiger partial charge in [0.15, 0.2) is 0 Å². The molecule has 1 aliphatic heterocycles. The standard InChI is InChI=1S/C7H14N2O5/c8-7(14)4-6(13)5(12)3(9-4)2(11)1-10/h2-6,9-13H,1H2,(H2,8,14)/t2-,3+,4+,5+,6+/m1/s1. The minimum absolute atomic E-state index is 0.576. The van der Waals surface area contributed by atoms with Gasteiger partial charge in [0.1, 0.15) is 12.1 Å². The fourth-order valence-electron chi connectivity index (χ4n) is 1.52. The van der Waals surface area contributed by atoms with Crippen molar-refractivity contribution in [2.24, 2.45) is 5.73 Å². The number of hydrogen-bond donors (Lipinski definition) is 6. The zero-order valence-corrected chi connectivity index (χ0v) is 7.37. The lowest BCUT2D eigenvalue weighted by Crippen LogP contribution is -2.47. The molecule has 1 saturated heterocycles. The van der Waals surface area contributed by atoms with Gasteiger partial charge in [0.05, 0.1) is 24.9 Å². The summed E-state index contributed by atoms with van der Waals surface area (Å²) < 4.78 is 0. The molecule has 0 aliphatic carbocycles. The number of aliphatic hydroxyl groups excluding tert-OH is 4. The SMILES string of the molecule is NC(=O)[C@H]1N[C@@H]([C@H](O)CO)[C@H](O)[C@H]1O. The summed E-state index contributed by atoms with van der Waals surface area (Å²) in [7, 11) is 0. The molecule has 7 nitrogen and oxygen atoms in total. The van der Waals surface area contributed by atoms with Crippen molar-refractivity contribution < 1.29 is 25.2 Å². The molecule has 5 atom stereocenters. The summed E-state index contributed by atoms with van der Waals surface area (Å²) >= 11 is 0. The van der Waals surface area contributed by atoms with Crippen molar-refractivity contribution in [3.63, 3.8) is 0 Å². The van der Waals surface area contributed by atoms with E-state index in [4.69, 9.17) is 10.8 Å². The molecule has 0 unspecified atom stereocenters. The number of carbonyl (C=O) groups is 1. The first-order chi connectivity index (χ1) is 6.49. The molecular formula is C7H14N2O5. The Balaban J connectivity index is 2.71. The molecule has 0 aromatic heterocycles. The maximum absolute atomic E-state index is 10.8. The Labute approximate surface area is 80.2 Å². The molecule has 7 heteroatoms. The van der Waals surface area contributed by atoms with E-state index in [1.807, 2.05) is 0 Å². The van der Waals surface area contributed by atoms with Crippen molar-refractivity contribution in [3.05, 3.63) is 0 Å². The molecule has 0 saturated carbocycles. The largest absolute Gasteiger partial charge is 0.394 e. The second kappa shape index (κ2) is 4.20. The molecule has 1 rings (SSSR count). The Bertz CT molecular complexity index is 224. The van der Waals surface area contributed by atoms with Crippen molar-refractivity contribution >= 4 is 5.91 Å². The maximum Gasteiger partial charge on any atom is 0.237 e. The number of primary amides is 1. The van der Waals surface area contributed by atoms with E-state index in [2.05, 4.69) is 5.32 Å². The fraction of sp³-hybridized carbons (Fsp3) is 0.857. The zero-order valence-electron chi connectivity index (χ0n) is 7.37. The van der Waals surface area contributed by atoms with E-state index in [0.717, 1.165) is 0 Å². The number of amides is 1. The molecule has 0 aromatic carbocycles. The van der Waals surface area contributed by atoms with E-state index >= 15 is 0 Å². The van der Waals surface area contributed by atoms with Gasteiger partial charge in [-0.1, -0.05) is 0 Å². The molecule has 82 valence electrons. The molecular weight excluding hydrogens is 192 g/mol. The van der Waals surface area contributed by atoms with Gasteiger partial charge in [0.25, 0.3) is 0 Å². The number of hydrogen-bond acceptors (Lipinski definition) is 6. The Kier molecular flexibility index (Phi) is 3.40. The first-order valence-corrected chi connectivity index (χ1v) is 4.19. The lowest BCUT2D eigenvalue weighted by atomic mass is 10.0. The van der Waals surface area contributed by atoms with E-state index in [1.54, 1.807) is 0 Å². The van der Waals surface area contributed by atoms with Gasteiger partial charge in [0, 0.05) is 0 Å². The Morgan fingerprint density at radius 1 is 1.43 bits per heavy atom. The first-order valence-electron chi connectivity index (χ1n) is 4.19. The van der Waals surface area contributed by atoms with Crippen LogP contribution in [0.4, 0.5) is 0 Å². The van der Waals surface area contributed by atoms with Crippen LogP contribution >= 0.6 is 0 Å². The lowest BCUT2D eigenvalue weighted by molar-refractivity contribution is -0.122. The minimum Gasteiger partial charge on any atom is -0.394 e. The normalized spacial score (nSPS) is 39.7. The highest BCUT2D eigenvalue weighted by molar-refractivity contribution is 5.81. The van der Waals surface area contributed by atoms with Gasteiger partial charge < -0.3 is 26.2 Å². The van der Waals surface area contributed by atoms with Gasteiger partial charge in [-0.25, -0.2) is 0 Å². The third kappa shape index (κ3) is 1.86. The highest BCUT2D eigenvalue weighted by Crippen LogP contribution is 2.16. The number of aliphatic hydroxyl groups is 4. The van der Waals surface area contributed by atoms with Crippen molar-refractivity contribution in [2.45, 2.75) is 30.4 Å². The summed E-state index contributed by atoms with van der Waals surface area (Å²) in [5.74, 6) is -0.816. The fourth-order valence-corrected chi connectivity index (χ4v) is 1.52. The van der Waals surface area contributed by atoms with Crippen LogP contribution in [-0.4, -0.2) is 63.3 Å². The highest BCUT2D eigenvalue weighted by atomic mass is 16.3. The summed E-state index contributed by atoms with van der Waals surface area (Å²) in [6.45, 7) is -0.576. The van der Waals surface area contributed by atoms with Crippen LogP contribution in [0.15, 0.2) is 0 Å². The van der Waals surface area contributed by atoms with Gasteiger partial charge in [-0.15, -0.1) is 0 Å². The number of nitrogens with one attached hydrogen (secondary N) is 1. The predicted octanol–water partition coefficient (Wildman–Crippen LogP) is -4.11. The van der Waals surface area contributed by atoms with Gasteiger partial charge in [0.2, 0.25) is 5.91 Å². The summed E-state index contributed by atoms with van der Waals surface area (Å²) in [4.78, 5) is 10.8. The van der Waals surface area contributed by atoms with Gasteiger partial charge >= 0.3 is 0 Å². The minimum atomic E-state index is -1.36. The van der Waals surface area contributed by atoms with E-state index in [0.29, 0.717) is 0 Å². The Hall–Kier alpha value is -0.730. The van der Waals surface area contributed by atoms with Gasteiger partial charge in [-0.2, -0.15) is 0 Å². The zero-order chi connectivity index (χ0) is 10.9. The second-order valence-electron chi connectivity index (χ2n) is 3.30. The van der Waals surface area contributed by atoms with Crippen LogP contribution in [0.1, 0.15) is 0 Å². The summed E-state index contributed by atoms with van der Waals surface area (Å²) in [6.07, 6.45) is -3.93. The molecule has 1 fully saturated rings. The van der Waals surface area contributed by atoms with Gasteiger partial charge in [-0.05, 0) is 0 Å². The number of carbonyl (C=O) groups excluding carboxylic acids is 1. The van der Waals surface area contributed by atoms with Crippen molar-refractivity contribution in [3.8, 4) is 0 Å². The van der Waals surface area contributed by atoms with Crippen LogP contribution in [0.3, 0.4) is 0 Å². The van der Waals surface area contributed by atoms with Gasteiger partial charge in [-0.3, -0.25) is 10.1 Å². The van der Waals surface area contributed by atoms with Crippen LogP contribution in [-0.2, 0) is 4.79 Å². The van der Waals surface area contributed by atoms with E-state index in [1.165, 1.54) is 0 Å². The molecule has 0 bridgehead atoms. The molecule has 1 amide bonds. The molecule has 7 N–H and O–H groups in total. The molecule has 0 radical (unpaired) electrons. The van der Waals surface area contributed by atoms with Crippen molar-refractivity contribution in [1.29, 1.82) is 0 Å². The molecule has 0 spiro atoms. The highest BCUT2D eigenvalue weighted by Gasteiger charge is 2.46. The topological polar surface area (TPSA) is 136 Å². The molecule has 1 heterocycles. The third-order valence-electron chi connectivity index (χ3n) is 2.34. The predicted molar refractivity (Wildman–Crippen MR) is 45.0 cm³/mol. The lowest BCUT2D eigenvalue weighted by Gasteiger charge is -2.19. The second-order valence-corrected chi connectivity index (χ2v) is 3.30. The van der Waals surface area contributed by atoms with Crippen molar-refractivity contribution in [1.82, 2.24) is 5.32 Å². The quantitative estimate of drug-likeness (QED) is 0.277. The molecule has 1 aliphatic rings. The molecule has 0 aromatic rings. The Morgan fingerprint density at radius 3 is 2.36 bits per heavy atom. The Morgan fingerprint density at radius 2 is 2.00 bits per heavy atom. The monoisotopic (exact) mass is 206 g/mol. The average molecular weight is 206 g/mol. The maximum atomic E-state index is 10.8. The van der Waals surface area contributed by atoms with Crippen LogP contribution in [0.5, 0.6) is 0 Å². The average Bonchev–Trinajstić information content (AvgIpc) is 2.43. The van der Waals surface area contributed by atoms with Crippen LogP contribution < -0.4 is 11.1 Å². The third-order valence-corrected chi connectivity index (χ3v) is 2.34. The summed E-state index contributed by atoms with van der Waals surface area (Å²) in [5.41, 5.74) is 4.94. The number of rotatable bonds is 3. The molecule has 14 heavy (non-hydrogen) atoms. The van der Waals surface area contributed by atoms with E-state index in [-0.39, 0.29) is 0 Å². The summed E-state index contributed by atoms with van der Waals surface area (Å²) in [5, 5.41) is 39.0. The first kappa shape index (κ1) is 11.3.